The standard InChI is InChI=1S/C18H16Cl2N6O3S/c19-9-2-1-7(5-10(9)20)13-11-12(21)14(15(22)27)30-16(11)25-17(24-13)23-8-3-4-26(6-8)18(28)29/h1-2,5,8H,3-4,6,21H2,(H2,22,27)(H,28,29)(H,23,24,25)/t8-/m1/s1. The highest BCUT2D eigenvalue weighted by Crippen LogP contribution is 2.40. The molecule has 6 N–H and O–H groups in total. The highest BCUT2D eigenvalue weighted by molar-refractivity contribution is 7.21. The number of rotatable bonds is 4. The van der Waals surface area contributed by atoms with Crippen molar-refractivity contribution in [1.82, 2.24) is 14.9 Å². The monoisotopic (exact) mass is 466 g/mol. The van der Waals surface area contributed by atoms with Crippen molar-refractivity contribution in [3.05, 3.63) is 33.1 Å². The number of carbonyl (C=O) groups is 2. The van der Waals surface area contributed by atoms with Crippen LogP contribution < -0.4 is 16.8 Å². The van der Waals surface area contributed by atoms with E-state index in [1.54, 1.807) is 18.2 Å². The summed E-state index contributed by atoms with van der Waals surface area (Å²) in [5, 5.41) is 13.6. The molecule has 3 aromatic rings. The maximum Gasteiger partial charge on any atom is 0.407 e. The topological polar surface area (TPSA) is 147 Å². The second kappa shape index (κ2) is 7.78. The average molecular weight is 467 g/mol. The summed E-state index contributed by atoms with van der Waals surface area (Å²) >= 11 is 13.3. The number of benzene rings is 1. The summed E-state index contributed by atoms with van der Waals surface area (Å²) in [5.74, 6) is -0.365. The van der Waals surface area contributed by atoms with E-state index in [-0.39, 0.29) is 22.6 Å². The summed E-state index contributed by atoms with van der Waals surface area (Å²) in [5.41, 5.74) is 13.0. The molecule has 0 unspecified atom stereocenters. The first-order valence-electron chi connectivity index (χ1n) is 8.84. The van der Waals surface area contributed by atoms with E-state index < -0.39 is 12.0 Å². The van der Waals surface area contributed by atoms with E-state index >= 15 is 0 Å². The van der Waals surface area contributed by atoms with Crippen molar-refractivity contribution in [3.63, 3.8) is 0 Å². The van der Waals surface area contributed by atoms with Crippen molar-refractivity contribution in [2.24, 2.45) is 5.73 Å². The lowest BCUT2D eigenvalue weighted by atomic mass is 10.1. The minimum atomic E-state index is -0.968. The van der Waals surface area contributed by atoms with Crippen LogP contribution in [0, 0.1) is 0 Å². The number of nitrogen functional groups attached to an aromatic ring is 1. The number of nitrogens with one attached hydrogen (secondary N) is 1. The summed E-state index contributed by atoms with van der Waals surface area (Å²) in [6.07, 6.45) is -0.348. The molecule has 1 aromatic carbocycles. The predicted octanol–water partition coefficient (Wildman–Crippen LogP) is 3.51. The number of hydrogen-bond donors (Lipinski definition) is 4. The van der Waals surface area contributed by atoms with Crippen molar-refractivity contribution in [2.75, 3.05) is 24.1 Å². The van der Waals surface area contributed by atoms with Gasteiger partial charge in [0, 0.05) is 24.7 Å². The van der Waals surface area contributed by atoms with E-state index in [1.807, 2.05) is 0 Å². The number of nitrogens with two attached hydrogens (primary N) is 2. The fraction of sp³-hybridized carbons (Fsp3) is 0.222. The smallest absolute Gasteiger partial charge is 0.407 e. The lowest BCUT2D eigenvalue weighted by Crippen LogP contribution is -2.30. The Morgan fingerprint density at radius 1 is 1.27 bits per heavy atom. The fourth-order valence-electron chi connectivity index (χ4n) is 3.36. The average Bonchev–Trinajstić information content (AvgIpc) is 3.28. The zero-order valence-corrected chi connectivity index (χ0v) is 17.7. The molecule has 0 bridgehead atoms. The summed E-state index contributed by atoms with van der Waals surface area (Å²) in [6, 6.07) is 4.88. The third-order valence-corrected chi connectivity index (χ3v) is 6.65. The zero-order chi connectivity index (χ0) is 21.6. The summed E-state index contributed by atoms with van der Waals surface area (Å²) in [7, 11) is 0. The Labute approximate surface area is 184 Å². The van der Waals surface area contributed by atoms with Crippen molar-refractivity contribution < 1.29 is 14.7 Å². The number of nitrogens with zero attached hydrogens (tertiary/aromatic N) is 3. The Morgan fingerprint density at radius 2 is 2.03 bits per heavy atom. The number of thiophene rings is 1. The first-order chi connectivity index (χ1) is 14.2. The van der Waals surface area contributed by atoms with Crippen LogP contribution >= 0.6 is 34.5 Å². The van der Waals surface area contributed by atoms with Gasteiger partial charge in [-0.1, -0.05) is 29.3 Å². The van der Waals surface area contributed by atoms with E-state index in [2.05, 4.69) is 15.3 Å². The van der Waals surface area contributed by atoms with Gasteiger partial charge in [0.15, 0.2) is 0 Å². The molecule has 1 aliphatic heterocycles. The molecule has 0 saturated carbocycles. The first-order valence-corrected chi connectivity index (χ1v) is 10.4. The SMILES string of the molecule is NC(=O)c1sc2nc(N[C@@H]3CCN(C(=O)O)C3)nc(-c3ccc(Cl)c(Cl)c3)c2c1N. The molecule has 0 radical (unpaired) electrons. The van der Waals surface area contributed by atoms with Gasteiger partial charge < -0.3 is 26.8 Å². The van der Waals surface area contributed by atoms with Gasteiger partial charge in [0.05, 0.1) is 26.8 Å². The molecular formula is C18H16Cl2N6O3S. The molecule has 0 aliphatic carbocycles. The predicted molar refractivity (Wildman–Crippen MR) is 117 cm³/mol. The molecule has 156 valence electrons. The van der Waals surface area contributed by atoms with E-state index in [0.717, 1.165) is 11.3 Å². The molecule has 1 atom stereocenters. The van der Waals surface area contributed by atoms with E-state index in [9.17, 15) is 9.59 Å². The number of fused-ring (bicyclic) bond motifs is 1. The molecule has 4 rings (SSSR count). The molecule has 12 heteroatoms. The molecule has 9 nitrogen and oxygen atoms in total. The van der Waals surface area contributed by atoms with Crippen LogP contribution in [0.2, 0.25) is 10.0 Å². The van der Waals surface area contributed by atoms with Crippen molar-refractivity contribution in [1.29, 1.82) is 0 Å². The Bertz CT molecular complexity index is 1180. The van der Waals surface area contributed by atoms with Gasteiger partial charge in [0.1, 0.15) is 9.71 Å². The van der Waals surface area contributed by atoms with Crippen LogP contribution in [0.15, 0.2) is 18.2 Å². The quantitative estimate of drug-likeness (QED) is 0.459. The number of likely N-dealkylation sites (tertiary alicyclic amines) is 1. The molecule has 30 heavy (non-hydrogen) atoms. The summed E-state index contributed by atoms with van der Waals surface area (Å²) in [4.78, 5) is 34.0. The van der Waals surface area contributed by atoms with Crippen LogP contribution in [0.3, 0.4) is 0 Å². The van der Waals surface area contributed by atoms with Gasteiger partial charge >= 0.3 is 6.09 Å². The second-order valence-corrected chi connectivity index (χ2v) is 8.59. The third kappa shape index (κ3) is 3.69. The number of aromatic nitrogens is 2. The molecule has 0 spiro atoms. The normalized spacial score (nSPS) is 16.2. The van der Waals surface area contributed by atoms with Gasteiger partial charge in [-0.25, -0.2) is 14.8 Å². The van der Waals surface area contributed by atoms with Crippen molar-refractivity contribution in [3.8, 4) is 11.3 Å². The maximum absolute atomic E-state index is 11.8. The molecule has 1 saturated heterocycles. The summed E-state index contributed by atoms with van der Waals surface area (Å²) < 4.78 is 0. The van der Waals surface area contributed by atoms with Crippen LogP contribution in [0.4, 0.5) is 16.4 Å². The number of amides is 2. The molecule has 3 heterocycles. The number of halogens is 2. The van der Waals surface area contributed by atoms with Crippen LogP contribution in [0.1, 0.15) is 16.1 Å². The maximum atomic E-state index is 11.8. The minimum absolute atomic E-state index is 0.145. The highest BCUT2D eigenvalue weighted by atomic mass is 35.5. The number of carbonyl (C=O) groups excluding carboxylic acids is 1. The number of carboxylic acid groups (broad SMARTS) is 1. The minimum Gasteiger partial charge on any atom is -0.465 e. The van der Waals surface area contributed by atoms with Gasteiger partial charge in [-0.05, 0) is 18.6 Å². The Kier molecular flexibility index (Phi) is 5.31. The molecule has 2 amide bonds. The third-order valence-electron chi connectivity index (χ3n) is 4.80. The van der Waals surface area contributed by atoms with Gasteiger partial charge in [-0.3, -0.25) is 4.79 Å². The highest BCUT2D eigenvalue weighted by Gasteiger charge is 2.27. The van der Waals surface area contributed by atoms with Gasteiger partial charge in [0.2, 0.25) is 5.95 Å². The lowest BCUT2D eigenvalue weighted by Gasteiger charge is -2.15. The number of anilines is 2. The molecule has 1 fully saturated rings. The molecular weight excluding hydrogens is 451 g/mol. The summed E-state index contributed by atoms with van der Waals surface area (Å²) in [6.45, 7) is 0.741. The Balaban J connectivity index is 1.82. The van der Waals surface area contributed by atoms with Crippen LogP contribution in [-0.4, -0.2) is 51.1 Å². The van der Waals surface area contributed by atoms with E-state index in [1.165, 1.54) is 4.90 Å². The van der Waals surface area contributed by atoms with Gasteiger partial charge in [-0.15, -0.1) is 11.3 Å². The van der Waals surface area contributed by atoms with Gasteiger partial charge in [-0.2, -0.15) is 0 Å². The molecule has 2 aromatic heterocycles. The number of primary amides is 1. The Morgan fingerprint density at radius 3 is 2.67 bits per heavy atom. The van der Waals surface area contributed by atoms with Crippen LogP contribution in [0.5, 0.6) is 0 Å². The van der Waals surface area contributed by atoms with Crippen LogP contribution in [0.25, 0.3) is 21.5 Å². The van der Waals surface area contributed by atoms with Crippen LogP contribution in [-0.2, 0) is 0 Å². The first kappa shape index (κ1) is 20.5. The van der Waals surface area contributed by atoms with E-state index in [0.29, 0.717) is 51.0 Å². The van der Waals surface area contributed by atoms with Gasteiger partial charge in [0.25, 0.3) is 5.91 Å². The fourth-order valence-corrected chi connectivity index (χ4v) is 4.60. The van der Waals surface area contributed by atoms with Crippen molar-refractivity contribution in [2.45, 2.75) is 12.5 Å². The zero-order valence-electron chi connectivity index (χ0n) is 15.4. The Hall–Kier alpha value is -2.82. The number of hydrogen-bond acceptors (Lipinski definition) is 7. The second-order valence-electron chi connectivity index (χ2n) is 6.77. The van der Waals surface area contributed by atoms with E-state index in [4.69, 9.17) is 39.8 Å². The lowest BCUT2D eigenvalue weighted by molar-refractivity contribution is 0.100. The van der Waals surface area contributed by atoms with Crippen molar-refractivity contribution >= 4 is 68.4 Å². The molecule has 1 aliphatic rings. The largest absolute Gasteiger partial charge is 0.465 e.